The van der Waals surface area contributed by atoms with Gasteiger partial charge < -0.3 is 25.8 Å². The first kappa shape index (κ1) is 18.8. The number of anilines is 1. The number of benzene rings is 1. The van der Waals surface area contributed by atoms with Crippen LogP contribution in [0.5, 0.6) is 0 Å². The van der Waals surface area contributed by atoms with Gasteiger partial charge >= 0.3 is 0 Å². The van der Waals surface area contributed by atoms with Crippen LogP contribution in [-0.4, -0.2) is 59.8 Å². The van der Waals surface area contributed by atoms with Crippen molar-refractivity contribution in [2.24, 2.45) is 5.92 Å². The molecule has 5 N–H and O–H groups in total. The van der Waals surface area contributed by atoms with Crippen LogP contribution in [0.3, 0.4) is 0 Å². The second-order valence-electron chi connectivity index (χ2n) is 7.27. The standard InChI is InChI=1S/C19H23N5O4/c1-10(2)19(15(27)14(26)12(8-25)28-19)24-9-21-13-16(20)22-17(23-18(13)24)11-6-4-3-5-7-11/h3-7,9-10,12,14-15,25-27H,8H2,1-2H3,(H2,20,22,23)/t12-,14-,15-,19-/m1/s1. The number of hydrogen-bond acceptors (Lipinski definition) is 8. The monoisotopic (exact) mass is 385 g/mol. The molecule has 4 atom stereocenters. The molecular formula is C19H23N5O4. The Labute approximate surface area is 161 Å². The highest BCUT2D eigenvalue weighted by Gasteiger charge is 2.57. The molecule has 1 aliphatic rings. The third-order valence-electron chi connectivity index (χ3n) is 5.31. The van der Waals surface area contributed by atoms with Crippen molar-refractivity contribution in [3.05, 3.63) is 36.7 Å². The lowest BCUT2D eigenvalue weighted by atomic mass is 9.91. The zero-order chi connectivity index (χ0) is 20.1. The predicted molar refractivity (Wildman–Crippen MR) is 102 cm³/mol. The Bertz CT molecular complexity index is 993. The number of rotatable bonds is 4. The van der Waals surface area contributed by atoms with Gasteiger partial charge in [0.1, 0.15) is 23.8 Å². The number of fused-ring (bicyclic) bond motifs is 1. The van der Waals surface area contributed by atoms with Crippen molar-refractivity contribution in [1.29, 1.82) is 0 Å². The summed E-state index contributed by atoms with van der Waals surface area (Å²) in [6, 6.07) is 9.37. The predicted octanol–water partition coefficient (Wildman–Crippen LogP) is 0.497. The smallest absolute Gasteiger partial charge is 0.178 e. The van der Waals surface area contributed by atoms with E-state index in [1.807, 2.05) is 44.2 Å². The Kier molecular flexibility index (Phi) is 4.54. The van der Waals surface area contributed by atoms with E-state index >= 15 is 0 Å². The molecule has 4 rings (SSSR count). The number of hydrogen-bond donors (Lipinski definition) is 4. The molecule has 9 nitrogen and oxygen atoms in total. The molecule has 1 aromatic carbocycles. The number of nitrogens with two attached hydrogens (primary N) is 1. The molecule has 2 aromatic heterocycles. The number of nitrogens with zero attached hydrogens (tertiary/aromatic N) is 4. The molecule has 0 saturated carbocycles. The summed E-state index contributed by atoms with van der Waals surface area (Å²) in [5.41, 5.74) is 6.29. The quantitative estimate of drug-likeness (QED) is 0.509. The summed E-state index contributed by atoms with van der Waals surface area (Å²) in [6.07, 6.45) is -2.00. The number of aliphatic hydroxyl groups is 3. The number of ether oxygens (including phenoxy) is 1. The maximum Gasteiger partial charge on any atom is 0.178 e. The zero-order valence-electron chi connectivity index (χ0n) is 15.6. The van der Waals surface area contributed by atoms with E-state index in [2.05, 4.69) is 15.0 Å². The number of imidazole rings is 1. The largest absolute Gasteiger partial charge is 0.394 e. The molecular weight excluding hydrogens is 362 g/mol. The van der Waals surface area contributed by atoms with Crippen LogP contribution < -0.4 is 5.73 Å². The molecule has 0 unspecified atom stereocenters. The second-order valence-corrected chi connectivity index (χ2v) is 7.27. The van der Waals surface area contributed by atoms with Crippen molar-refractivity contribution in [2.75, 3.05) is 12.3 Å². The van der Waals surface area contributed by atoms with Gasteiger partial charge in [0.05, 0.1) is 12.9 Å². The summed E-state index contributed by atoms with van der Waals surface area (Å²) in [7, 11) is 0. The maximum absolute atomic E-state index is 10.9. The lowest BCUT2D eigenvalue weighted by Crippen LogP contribution is -2.49. The first-order chi connectivity index (χ1) is 13.4. The third-order valence-corrected chi connectivity index (χ3v) is 5.31. The minimum atomic E-state index is -1.36. The highest BCUT2D eigenvalue weighted by Crippen LogP contribution is 2.43. The fourth-order valence-electron chi connectivity index (χ4n) is 3.82. The van der Waals surface area contributed by atoms with E-state index in [9.17, 15) is 15.3 Å². The summed E-state index contributed by atoms with van der Waals surface area (Å²) in [5, 5.41) is 30.8. The fourth-order valence-corrected chi connectivity index (χ4v) is 3.82. The van der Waals surface area contributed by atoms with Crippen LogP contribution in [0.15, 0.2) is 36.7 Å². The minimum Gasteiger partial charge on any atom is -0.394 e. The fraction of sp³-hybridized carbons (Fsp3) is 0.421. The van der Waals surface area contributed by atoms with Crippen LogP contribution in [0.4, 0.5) is 5.82 Å². The van der Waals surface area contributed by atoms with Crippen LogP contribution in [-0.2, 0) is 10.5 Å². The van der Waals surface area contributed by atoms with Gasteiger partial charge in [-0.2, -0.15) is 0 Å². The van der Waals surface area contributed by atoms with Crippen molar-refractivity contribution >= 4 is 17.0 Å². The molecule has 1 fully saturated rings. The molecule has 9 heteroatoms. The molecule has 3 heterocycles. The molecule has 0 aliphatic carbocycles. The lowest BCUT2D eigenvalue weighted by molar-refractivity contribution is -0.174. The Balaban J connectivity index is 1.94. The van der Waals surface area contributed by atoms with Crippen LogP contribution >= 0.6 is 0 Å². The van der Waals surface area contributed by atoms with Crippen molar-refractivity contribution in [2.45, 2.75) is 37.9 Å². The first-order valence-corrected chi connectivity index (χ1v) is 9.11. The van der Waals surface area contributed by atoms with Gasteiger partial charge in [-0.25, -0.2) is 15.0 Å². The second kappa shape index (κ2) is 6.78. The van der Waals surface area contributed by atoms with E-state index in [4.69, 9.17) is 10.5 Å². The van der Waals surface area contributed by atoms with E-state index in [1.165, 1.54) is 6.33 Å². The van der Waals surface area contributed by atoms with Crippen LogP contribution in [0.2, 0.25) is 0 Å². The first-order valence-electron chi connectivity index (χ1n) is 9.11. The van der Waals surface area contributed by atoms with E-state index in [0.29, 0.717) is 17.0 Å². The number of aromatic nitrogens is 4. The van der Waals surface area contributed by atoms with Gasteiger partial charge in [-0.1, -0.05) is 44.2 Å². The molecule has 0 amide bonds. The molecule has 0 radical (unpaired) electrons. The van der Waals surface area contributed by atoms with Gasteiger partial charge in [-0.3, -0.25) is 4.57 Å². The van der Waals surface area contributed by atoms with Gasteiger partial charge in [-0.15, -0.1) is 0 Å². The van der Waals surface area contributed by atoms with Gasteiger partial charge in [-0.05, 0) is 0 Å². The summed E-state index contributed by atoms with van der Waals surface area (Å²) < 4.78 is 7.58. The Morgan fingerprint density at radius 1 is 1.21 bits per heavy atom. The maximum atomic E-state index is 10.9. The van der Waals surface area contributed by atoms with Crippen molar-refractivity contribution in [3.8, 4) is 11.4 Å². The zero-order valence-corrected chi connectivity index (χ0v) is 15.6. The summed E-state index contributed by atoms with van der Waals surface area (Å²) in [5.74, 6) is 0.341. The summed E-state index contributed by atoms with van der Waals surface area (Å²) in [6.45, 7) is 3.28. The van der Waals surface area contributed by atoms with Gasteiger partial charge in [0.25, 0.3) is 0 Å². The molecule has 1 aliphatic heterocycles. The van der Waals surface area contributed by atoms with Crippen molar-refractivity contribution < 1.29 is 20.1 Å². The average Bonchev–Trinajstić information content (AvgIpc) is 3.23. The lowest BCUT2D eigenvalue weighted by Gasteiger charge is -2.37. The molecule has 1 saturated heterocycles. The van der Waals surface area contributed by atoms with Gasteiger partial charge in [0, 0.05) is 11.5 Å². The third kappa shape index (κ3) is 2.59. The van der Waals surface area contributed by atoms with Crippen LogP contribution in [0.25, 0.3) is 22.6 Å². The van der Waals surface area contributed by atoms with Crippen LogP contribution in [0.1, 0.15) is 13.8 Å². The van der Waals surface area contributed by atoms with E-state index < -0.39 is 30.6 Å². The number of aliphatic hydroxyl groups excluding tert-OH is 3. The van der Waals surface area contributed by atoms with Gasteiger partial charge in [0.15, 0.2) is 23.0 Å². The SMILES string of the molecule is CC(C)[C@@]1(n2cnc3c(N)nc(-c4ccccc4)nc32)O[C@H](CO)[C@@H](O)[C@H]1O. The Morgan fingerprint density at radius 2 is 1.93 bits per heavy atom. The highest BCUT2D eigenvalue weighted by atomic mass is 16.6. The Morgan fingerprint density at radius 3 is 2.54 bits per heavy atom. The summed E-state index contributed by atoms with van der Waals surface area (Å²) in [4.78, 5) is 13.3. The van der Waals surface area contributed by atoms with E-state index in [1.54, 1.807) is 4.57 Å². The van der Waals surface area contributed by atoms with E-state index in [-0.39, 0.29) is 11.7 Å². The molecule has 148 valence electrons. The topological polar surface area (TPSA) is 140 Å². The molecule has 3 aromatic rings. The normalized spacial score (nSPS) is 27.7. The molecule has 0 spiro atoms. The Hall–Kier alpha value is -2.59. The molecule has 0 bridgehead atoms. The van der Waals surface area contributed by atoms with Gasteiger partial charge in [0.2, 0.25) is 0 Å². The van der Waals surface area contributed by atoms with Crippen molar-refractivity contribution in [3.63, 3.8) is 0 Å². The van der Waals surface area contributed by atoms with E-state index in [0.717, 1.165) is 5.56 Å². The summed E-state index contributed by atoms with van der Waals surface area (Å²) >= 11 is 0. The van der Waals surface area contributed by atoms with Crippen LogP contribution in [0, 0.1) is 5.92 Å². The highest BCUT2D eigenvalue weighted by molar-refractivity contribution is 5.84. The molecule has 28 heavy (non-hydrogen) atoms. The van der Waals surface area contributed by atoms with Crippen molar-refractivity contribution in [1.82, 2.24) is 19.5 Å². The minimum absolute atomic E-state index is 0.202. The number of nitrogen functional groups attached to an aromatic ring is 1. The average molecular weight is 385 g/mol.